The molecular weight excluding hydrogens is 268 g/mol. The van der Waals surface area contributed by atoms with Crippen LogP contribution in [0.25, 0.3) is 0 Å². The number of hydrogen-bond acceptors (Lipinski definition) is 2. The highest BCUT2D eigenvalue weighted by Gasteiger charge is 2.20. The van der Waals surface area contributed by atoms with Crippen LogP contribution in [-0.4, -0.2) is 35.8 Å². The number of aliphatic imine (C=N–C) groups is 2. The predicted octanol–water partition coefficient (Wildman–Crippen LogP) is 0.532. The van der Waals surface area contributed by atoms with E-state index in [0.717, 1.165) is 25.9 Å². The summed E-state index contributed by atoms with van der Waals surface area (Å²) in [6.07, 6.45) is 3.24. The number of para-hydroxylation sites is 1. The van der Waals surface area contributed by atoms with Crippen molar-refractivity contribution in [2.75, 3.05) is 13.1 Å². The normalized spacial score (nSPS) is 15.6. The zero-order valence-electron chi connectivity index (χ0n) is 11.8. The number of carbonyl (C=O) groups is 1. The number of amides is 1. The summed E-state index contributed by atoms with van der Waals surface area (Å²) in [5, 5.41) is 0. The third kappa shape index (κ3) is 3.95. The number of likely N-dealkylation sites (tertiary alicyclic amines) is 1. The molecule has 7 nitrogen and oxygen atoms in total. The molecule has 0 radical (unpaired) electrons. The SMILES string of the molecule is NC(N)=NC(N)=Nc1ccccc1C(=O)N1CCCCC1. The lowest BCUT2D eigenvalue weighted by Gasteiger charge is -2.27. The molecule has 1 aliphatic heterocycles. The smallest absolute Gasteiger partial charge is 0.256 e. The summed E-state index contributed by atoms with van der Waals surface area (Å²) in [5.41, 5.74) is 17.1. The largest absolute Gasteiger partial charge is 0.370 e. The Morgan fingerprint density at radius 3 is 2.38 bits per heavy atom. The molecule has 7 heteroatoms. The van der Waals surface area contributed by atoms with E-state index in [1.807, 2.05) is 4.90 Å². The van der Waals surface area contributed by atoms with Crippen LogP contribution in [0.1, 0.15) is 29.6 Å². The van der Waals surface area contributed by atoms with Crippen molar-refractivity contribution in [1.82, 2.24) is 4.90 Å². The van der Waals surface area contributed by atoms with Crippen LogP contribution < -0.4 is 17.2 Å². The number of hydrogen-bond donors (Lipinski definition) is 3. The van der Waals surface area contributed by atoms with Gasteiger partial charge in [0.15, 0.2) is 5.96 Å². The summed E-state index contributed by atoms with van der Waals surface area (Å²) < 4.78 is 0. The number of nitrogens with two attached hydrogens (primary N) is 3. The maximum Gasteiger partial charge on any atom is 0.256 e. The van der Waals surface area contributed by atoms with Crippen LogP contribution in [0.2, 0.25) is 0 Å². The molecule has 0 saturated carbocycles. The lowest BCUT2D eigenvalue weighted by Crippen LogP contribution is -2.35. The van der Waals surface area contributed by atoms with E-state index in [2.05, 4.69) is 9.98 Å². The van der Waals surface area contributed by atoms with Gasteiger partial charge in [-0.1, -0.05) is 12.1 Å². The molecule has 1 aromatic carbocycles. The minimum absolute atomic E-state index is 0.0356. The molecule has 1 aromatic rings. The van der Waals surface area contributed by atoms with Gasteiger partial charge < -0.3 is 22.1 Å². The molecule has 0 bridgehead atoms. The first kappa shape index (κ1) is 14.8. The third-order valence-electron chi connectivity index (χ3n) is 3.26. The summed E-state index contributed by atoms with van der Waals surface area (Å²) in [6, 6.07) is 7.03. The van der Waals surface area contributed by atoms with Gasteiger partial charge in [-0.15, -0.1) is 0 Å². The Morgan fingerprint density at radius 2 is 1.71 bits per heavy atom. The van der Waals surface area contributed by atoms with Gasteiger partial charge in [0.25, 0.3) is 5.91 Å². The van der Waals surface area contributed by atoms with Crippen molar-refractivity contribution in [3.63, 3.8) is 0 Å². The van der Waals surface area contributed by atoms with Gasteiger partial charge in [0.1, 0.15) is 0 Å². The topological polar surface area (TPSA) is 123 Å². The van der Waals surface area contributed by atoms with Crippen molar-refractivity contribution < 1.29 is 4.79 Å². The van der Waals surface area contributed by atoms with E-state index in [4.69, 9.17) is 17.2 Å². The molecule has 2 rings (SSSR count). The highest BCUT2D eigenvalue weighted by molar-refractivity contribution is 6.01. The van der Waals surface area contributed by atoms with Crippen molar-refractivity contribution >= 4 is 23.5 Å². The Kier molecular flexibility index (Phi) is 4.76. The zero-order valence-corrected chi connectivity index (χ0v) is 11.8. The first-order valence-corrected chi connectivity index (χ1v) is 6.90. The zero-order chi connectivity index (χ0) is 15.2. The number of rotatable bonds is 2. The van der Waals surface area contributed by atoms with Gasteiger partial charge in [0.2, 0.25) is 5.96 Å². The molecule has 0 spiro atoms. The lowest BCUT2D eigenvalue weighted by molar-refractivity contribution is 0.0725. The van der Waals surface area contributed by atoms with Gasteiger partial charge in [0.05, 0.1) is 11.3 Å². The fraction of sp³-hybridized carbons (Fsp3) is 0.357. The van der Waals surface area contributed by atoms with E-state index in [0.29, 0.717) is 11.3 Å². The monoisotopic (exact) mass is 288 g/mol. The van der Waals surface area contributed by atoms with E-state index in [9.17, 15) is 4.79 Å². The Labute approximate surface area is 123 Å². The Bertz CT molecular complexity index is 571. The average molecular weight is 288 g/mol. The number of nitrogens with zero attached hydrogens (tertiary/aromatic N) is 3. The van der Waals surface area contributed by atoms with E-state index in [1.165, 1.54) is 6.42 Å². The molecule has 1 fully saturated rings. The molecular formula is C14H20N6O. The van der Waals surface area contributed by atoms with Crippen molar-refractivity contribution in [3.05, 3.63) is 29.8 Å². The molecule has 1 aliphatic rings. The molecule has 21 heavy (non-hydrogen) atoms. The van der Waals surface area contributed by atoms with Crippen LogP contribution in [0.15, 0.2) is 34.3 Å². The van der Waals surface area contributed by atoms with Gasteiger partial charge in [-0.3, -0.25) is 4.79 Å². The summed E-state index contributed by atoms with van der Waals surface area (Å²) in [7, 11) is 0. The highest BCUT2D eigenvalue weighted by Crippen LogP contribution is 2.22. The fourth-order valence-corrected chi connectivity index (χ4v) is 2.30. The van der Waals surface area contributed by atoms with Crippen LogP contribution in [0.3, 0.4) is 0 Å². The van der Waals surface area contributed by atoms with Gasteiger partial charge >= 0.3 is 0 Å². The van der Waals surface area contributed by atoms with E-state index in [-0.39, 0.29) is 17.8 Å². The van der Waals surface area contributed by atoms with Gasteiger partial charge in [-0.25, -0.2) is 4.99 Å². The van der Waals surface area contributed by atoms with Crippen molar-refractivity contribution in [1.29, 1.82) is 0 Å². The Morgan fingerprint density at radius 1 is 1.05 bits per heavy atom. The summed E-state index contributed by atoms with van der Waals surface area (Å²) in [6.45, 7) is 1.56. The Balaban J connectivity index is 2.28. The molecule has 1 heterocycles. The summed E-state index contributed by atoms with van der Waals surface area (Å²) in [4.78, 5) is 22.2. The minimum Gasteiger partial charge on any atom is -0.370 e. The molecule has 6 N–H and O–H groups in total. The molecule has 1 saturated heterocycles. The first-order chi connectivity index (χ1) is 10.1. The molecule has 1 amide bonds. The second kappa shape index (κ2) is 6.74. The molecule has 0 aliphatic carbocycles. The quantitative estimate of drug-likeness (QED) is 0.542. The number of carbonyl (C=O) groups excluding carboxylic acids is 1. The van der Waals surface area contributed by atoms with Crippen LogP contribution in [0.5, 0.6) is 0 Å². The number of guanidine groups is 2. The van der Waals surface area contributed by atoms with Crippen LogP contribution >= 0.6 is 0 Å². The average Bonchev–Trinajstić information content (AvgIpc) is 2.47. The highest BCUT2D eigenvalue weighted by atomic mass is 16.2. The molecule has 0 aromatic heterocycles. The van der Waals surface area contributed by atoms with Crippen LogP contribution in [0, 0.1) is 0 Å². The number of piperidine rings is 1. The van der Waals surface area contributed by atoms with Crippen molar-refractivity contribution in [2.45, 2.75) is 19.3 Å². The summed E-state index contributed by atoms with van der Waals surface area (Å²) >= 11 is 0. The molecule has 0 atom stereocenters. The first-order valence-electron chi connectivity index (χ1n) is 6.90. The van der Waals surface area contributed by atoms with E-state index >= 15 is 0 Å². The fourth-order valence-electron chi connectivity index (χ4n) is 2.30. The maximum atomic E-state index is 12.6. The third-order valence-corrected chi connectivity index (χ3v) is 3.26. The standard InChI is InChI=1S/C14H20N6O/c15-13(16)19-14(17)18-11-7-3-2-6-10(11)12(21)20-8-4-1-5-9-20/h2-3,6-7H,1,4-5,8-9H2,(H6,15,16,17,18,19). The van der Waals surface area contributed by atoms with Gasteiger partial charge in [-0.05, 0) is 31.4 Å². The minimum atomic E-state index is -0.170. The predicted molar refractivity (Wildman–Crippen MR) is 83.3 cm³/mol. The van der Waals surface area contributed by atoms with Crippen molar-refractivity contribution in [3.8, 4) is 0 Å². The summed E-state index contributed by atoms with van der Waals surface area (Å²) in [5.74, 6) is -0.281. The van der Waals surface area contributed by atoms with Gasteiger partial charge in [-0.2, -0.15) is 4.99 Å². The van der Waals surface area contributed by atoms with Crippen LogP contribution in [-0.2, 0) is 0 Å². The van der Waals surface area contributed by atoms with Gasteiger partial charge in [0, 0.05) is 13.1 Å². The van der Waals surface area contributed by atoms with Crippen molar-refractivity contribution in [2.24, 2.45) is 27.2 Å². The molecule has 112 valence electrons. The van der Waals surface area contributed by atoms with E-state index in [1.54, 1.807) is 24.3 Å². The maximum absolute atomic E-state index is 12.6. The molecule has 0 unspecified atom stereocenters. The Hall–Kier alpha value is -2.57. The second-order valence-electron chi connectivity index (χ2n) is 4.88. The number of benzene rings is 1. The van der Waals surface area contributed by atoms with Crippen LogP contribution in [0.4, 0.5) is 5.69 Å². The lowest BCUT2D eigenvalue weighted by atomic mass is 10.1. The van der Waals surface area contributed by atoms with E-state index < -0.39 is 0 Å². The second-order valence-corrected chi connectivity index (χ2v) is 4.88.